The van der Waals surface area contributed by atoms with Gasteiger partial charge in [0, 0.05) is 0 Å². The van der Waals surface area contributed by atoms with E-state index >= 15 is 0 Å². The van der Waals surface area contributed by atoms with Crippen LogP contribution in [-0.2, 0) is 4.79 Å². The Kier molecular flexibility index (Phi) is 4.05. The number of hydrogen-bond donors (Lipinski definition) is 2. The SMILES string of the molecule is O=C(CSc1nc2sccc2c(=O)[nH]1)Nc1nc2ccccc2s1. The van der Waals surface area contributed by atoms with Gasteiger partial charge < -0.3 is 10.3 Å². The van der Waals surface area contributed by atoms with Crippen LogP contribution >= 0.6 is 34.4 Å². The van der Waals surface area contributed by atoms with Gasteiger partial charge >= 0.3 is 0 Å². The zero-order chi connectivity index (χ0) is 16.5. The number of rotatable bonds is 4. The van der Waals surface area contributed by atoms with Gasteiger partial charge in [0.2, 0.25) is 5.91 Å². The lowest BCUT2D eigenvalue weighted by Gasteiger charge is -2.01. The van der Waals surface area contributed by atoms with Gasteiger partial charge in [-0.1, -0.05) is 35.2 Å². The Hall–Kier alpha value is -2.23. The zero-order valence-electron chi connectivity index (χ0n) is 12.1. The van der Waals surface area contributed by atoms with Crippen molar-refractivity contribution in [3.05, 3.63) is 46.1 Å². The minimum absolute atomic E-state index is 0.149. The number of H-pyrrole nitrogens is 1. The third-order valence-corrected chi connectivity index (χ3v) is 5.82. The minimum Gasteiger partial charge on any atom is -0.301 e. The van der Waals surface area contributed by atoms with Crippen LogP contribution in [0.3, 0.4) is 0 Å². The molecule has 0 saturated heterocycles. The number of aromatic amines is 1. The monoisotopic (exact) mass is 374 g/mol. The molecule has 4 rings (SSSR count). The molecule has 9 heteroatoms. The number of aromatic nitrogens is 3. The van der Waals surface area contributed by atoms with Gasteiger partial charge in [0.05, 0.1) is 21.4 Å². The second-order valence-corrected chi connectivity index (χ2v) is 7.72. The predicted octanol–water partition coefficient (Wildman–Crippen LogP) is 3.33. The molecule has 3 aromatic heterocycles. The minimum atomic E-state index is -0.187. The summed E-state index contributed by atoms with van der Waals surface area (Å²) in [5, 5.41) is 6.18. The standard InChI is InChI=1S/C15H10N4O2S3/c20-11(17-15-16-9-3-1-2-4-10(9)24-15)7-23-14-18-12(21)8-5-6-22-13(8)19-14/h1-6H,7H2,(H,16,17,20)(H,18,19,21). The van der Waals surface area contributed by atoms with Crippen LogP contribution in [0.25, 0.3) is 20.4 Å². The average Bonchev–Trinajstić information content (AvgIpc) is 3.18. The molecule has 24 heavy (non-hydrogen) atoms. The second kappa shape index (κ2) is 6.34. The summed E-state index contributed by atoms with van der Waals surface area (Å²) < 4.78 is 1.02. The highest BCUT2D eigenvalue weighted by atomic mass is 32.2. The number of benzene rings is 1. The van der Waals surface area contributed by atoms with Gasteiger partial charge in [-0.3, -0.25) is 9.59 Å². The van der Waals surface area contributed by atoms with Gasteiger partial charge in [-0.2, -0.15) is 0 Å². The van der Waals surface area contributed by atoms with E-state index in [-0.39, 0.29) is 17.2 Å². The van der Waals surface area contributed by atoms with E-state index in [2.05, 4.69) is 20.3 Å². The molecule has 1 aromatic carbocycles. The molecule has 0 radical (unpaired) electrons. The van der Waals surface area contributed by atoms with E-state index < -0.39 is 0 Å². The summed E-state index contributed by atoms with van der Waals surface area (Å²) >= 11 is 4.02. The van der Waals surface area contributed by atoms with Crippen molar-refractivity contribution >= 4 is 65.9 Å². The van der Waals surface area contributed by atoms with Gasteiger partial charge in [-0.05, 0) is 23.6 Å². The first-order valence-corrected chi connectivity index (χ1v) is 9.63. The van der Waals surface area contributed by atoms with Crippen LogP contribution in [0.5, 0.6) is 0 Å². The maximum absolute atomic E-state index is 12.1. The summed E-state index contributed by atoms with van der Waals surface area (Å²) in [5.41, 5.74) is 0.676. The van der Waals surface area contributed by atoms with E-state index in [1.165, 1.54) is 34.4 Å². The average molecular weight is 374 g/mol. The number of amides is 1. The number of carbonyl (C=O) groups excluding carboxylic acids is 1. The molecule has 0 aliphatic rings. The van der Waals surface area contributed by atoms with Crippen molar-refractivity contribution in [1.82, 2.24) is 15.0 Å². The first-order chi connectivity index (χ1) is 11.7. The van der Waals surface area contributed by atoms with Crippen LogP contribution in [0.4, 0.5) is 5.13 Å². The lowest BCUT2D eigenvalue weighted by atomic mass is 10.3. The largest absolute Gasteiger partial charge is 0.301 e. The number of nitrogens with zero attached hydrogens (tertiary/aromatic N) is 2. The molecule has 0 saturated carbocycles. The molecule has 2 N–H and O–H groups in total. The summed E-state index contributed by atoms with van der Waals surface area (Å²) in [6.45, 7) is 0. The molecule has 120 valence electrons. The van der Waals surface area contributed by atoms with Crippen LogP contribution in [0.15, 0.2) is 45.7 Å². The van der Waals surface area contributed by atoms with Crippen molar-refractivity contribution in [1.29, 1.82) is 0 Å². The lowest BCUT2D eigenvalue weighted by molar-refractivity contribution is -0.113. The molecular weight excluding hydrogens is 364 g/mol. The molecule has 1 amide bonds. The molecule has 0 bridgehead atoms. The third kappa shape index (κ3) is 3.05. The van der Waals surface area contributed by atoms with Crippen LogP contribution in [0, 0.1) is 0 Å². The number of hydrogen-bond acceptors (Lipinski definition) is 7. The highest BCUT2D eigenvalue weighted by Gasteiger charge is 2.10. The second-order valence-electron chi connectivity index (χ2n) is 4.83. The van der Waals surface area contributed by atoms with E-state index in [0.717, 1.165) is 10.2 Å². The Morgan fingerprint density at radius 2 is 2.12 bits per heavy atom. The molecule has 0 atom stereocenters. The van der Waals surface area contributed by atoms with Crippen molar-refractivity contribution in [2.24, 2.45) is 0 Å². The molecule has 0 aliphatic heterocycles. The van der Waals surface area contributed by atoms with Crippen molar-refractivity contribution in [2.75, 3.05) is 11.1 Å². The van der Waals surface area contributed by atoms with Crippen LogP contribution in [0.1, 0.15) is 0 Å². The maximum Gasteiger partial charge on any atom is 0.260 e. The number of anilines is 1. The molecule has 4 aromatic rings. The summed E-state index contributed by atoms with van der Waals surface area (Å²) in [7, 11) is 0. The topological polar surface area (TPSA) is 87.7 Å². The van der Waals surface area contributed by atoms with Gasteiger partial charge in [0.25, 0.3) is 5.56 Å². The molecule has 0 fully saturated rings. The van der Waals surface area contributed by atoms with Gasteiger partial charge in [0.1, 0.15) is 4.83 Å². The number of fused-ring (bicyclic) bond motifs is 2. The predicted molar refractivity (Wildman–Crippen MR) is 99.2 cm³/mol. The Labute approximate surface area is 148 Å². The number of thiazole rings is 1. The van der Waals surface area contributed by atoms with Crippen molar-refractivity contribution in [3.8, 4) is 0 Å². The highest BCUT2D eigenvalue weighted by molar-refractivity contribution is 7.99. The van der Waals surface area contributed by atoms with E-state index in [1.54, 1.807) is 6.07 Å². The molecular formula is C15H10N4O2S3. The summed E-state index contributed by atoms with van der Waals surface area (Å²) in [4.78, 5) is 36.0. The van der Waals surface area contributed by atoms with E-state index in [4.69, 9.17) is 0 Å². The van der Waals surface area contributed by atoms with Crippen LogP contribution in [0.2, 0.25) is 0 Å². The summed E-state index contributed by atoms with van der Waals surface area (Å²) in [6.07, 6.45) is 0. The van der Waals surface area contributed by atoms with Crippen molar-refractivity contribution in [2.45, 2.75) is 5.16 Å². The number of carbonyl (C=O) groups is 1. The number of nitrogens with one attached hydrogen (secondary N) is 2. The van der Waals surface area contributed by atoms with E-state index in [9.17, 15) is 9.59 Å². The fraction of sp³-hybridized carbons (Fsp3) is 0.0667. The van der Waals surface area contributed by atoms with E-state index in [1.807, 2.05) is 29.6 Å². The van der Waals surface area contributed by atoms with Crippen molar-refractivity contribution in [3.63, 3.8) is 0 Å². The lowest BCUT2D eigenvalue weighted by Crippen LogP contribution is -2.15. The Balaban J connectivity index is 1.44. The molecule has 3 heterocycles. The first kappa shape index (κ1) is 15.3. The summed E-state index contributed by atoms with van der Waals surface area (Å²) in [5.74, 6) is -0.0385. The zero-order valence-corrected chi connectivity index (χ0v) is 14.6. The highest BCUT2D eigenvalue weighted by Crippen LogP contribution is 2.25. The van der Waals surface area contributed by atoms with Crippen molar-refractivity contribution < 1.29 is 4.79 Å². The fourth-order valence-electron chi connectivity index (χ4n) is 2.13. The normalized spacial score (nSPS) is 11.2. The van der Waals surface area contributed by atoms with Gasteiger partial charge in [0.15, 0.2) is 10.3 Å². The smallest absolute Gasteiger partial charge is 0.260 e. The fourth-order valence-corrected chi connectivity index (χ4v) is 4.49. The van der Waals surface area contributed by atoms with Crippen LogP contribution < -0.4 is 10.9 Å². The number of thiophene rings is 1. The molecule has 0 spiro atoms. The molecule has 6 nitrogen and oxygen atoms in total. The van der Waals surface area contributed by atoms with Gasteiger partial charge in [-0.15, -0.1) is 11.3 Å². The molecule has 0 unspecified atom stereocenters. The summed E-state index contributed by atoms with van der Waals surface area (Å²) in [6, 6.07) is 9.44. The quantitative estimate of drug-likeness (QED) is 0.423. The first-order valence-electron chi connectivity index (χ1n) is 6.95. The van der Waals surface area contributed by atoms with E-state index in [0.29, 0.717) is 20.5 Å². The van der Waals surface area contributed by atoms with Gasteiger partial charge in [-0.25, -0.2) is 9.97 Å². The molecule has 0 aliphatic carbocycles. The number of thioether (sulfide) groups is 1. The number of para-hydroxylation sites is 1. The van der Waals surface area contributed by atoms with Crippen LogP contribution in [-0.4, -0.2) is 26.6 Å². The Bertz CT molecular complexity index is 1070. The third-order valence-electron chi connectivity index (χ3n) is 3.19. The Morgan fingerprint density at radius 1 is 1.25 bits per heavy atom. The maximum atomic E-state index is 12.1. The Morgan fingerprint density at radius 3 is 3.00 bits per heavy atom.